The van der Waals surface area contributed by atoms with Crippen LogP contribution in [0.2, 0.25) is 0 Å². The summed E-state index contributed by atoms with van der Waals surface area (Å²) >= 11 is 0. The maximum absolute atomic E-state index is 13.6. The summed E-state index contributed by atoms with van der Waals surface area (Å²) in [4.78, 5) is 4.94. The summed E-state index contributed by atoms with van der Waals surface area (Å²) < 4.78 is 32.8. The third-order valence-corrected chi connectivity index (χ3v) is 5.54. The van der Waals surface area contributed by atoms with Crippen LogP contribution in [0.15, 0.2) is 48.5 Å². The van der Waals surface area contributed by atoms with E-state index in [2.05, 4.69) is 27.7 Å². The molecule has 0 bridgehead atoms. The van der Waals surface area contributed by atoms with Crippen LogP contribution in [-0.2, 0) is 24.4 Å². The second-order valence-electron chi connectivity index (χ2n) is 8.62. The van der Waals surface area contributed by atoms with Crippen molar-refractivity contribution in [3.05, 3.63) is 88.2 Å². The van der Waals surface area contributed by atoms with Gasteiger partial charge in [-0.1, -0.05) is 52.0 Å². The molecule has 0 saturated heterocycles. The molecular weight excluding hydrogens is 408 g/mol. The summed E-state index contributed by atoms with van der Waals surface area (Å²) in [5, 5.41) is 10.3. The molecule has 32 heavy (non-hydrogen) atoms. The molecule has 0 atom stereocenters. The monoisotopic (exact) mass is 439 g/mol. The van der Waals surface area contributed by atoms with Gasteiger partial charge in [0.05, 0.1) is 19.8 Å². The Balaban J connectivity index is 1.99. The number of ether oxygens (including phenoxy) is 1. The normalized spacial score (nSPS) is 11.5. The Morgan fingerprint density at radius 1 is 0.812 bits per heavy atom. The summed E-state index contributed by atoms with van der Waals surface area (Å²) in [6, 6.07) is 12.7. The molecule has 0 aliphatic heterocycles. The van der Waals surface area contributed by atoms with Gasteiger partial charge in [-0.15, -0.1) is 0 Å². The Bertz CT molecular complexity index is 1030. The van der Waals surface area contributed by atoms with Crippen LogP contribution in [0.5, 0.6) is 0 Å². The van der Waals surface area contributed by atoms with Gasteiger partial charge >= 0.3 is 0 Å². The number of rotatable bonds is 9. The van der Waals surface area contributed by atoms with Gasteiger partial charge in [-0.05, 0) is 59.2 Å². The zero-order chi connectivity index (χ0) is 23.3. The van der Waals surface area contributed by atoms with Crippen molar-refractivity contribution in [2.75, 3.05) is 6.61 Å². The van der Waals surface area contributed by atoms with Crippen LogP contribution < -0.4 is 0 Å². The molecule has 0 amide bonds. The minimum absolute atomic E-state index is 0.127. The van der Waals surface area contributed by atoms with E-state index in [1.807, 2.05) is 0 Å². The number of hydrogen-bond donors (Lipinski definition) is 1. The van der Waals surface area contributed by atoms with Crippen molar-refractivity contribution in [2.45, 2.75) is 59.2 Å². The van der Waals surface area contributed by atoms with Crippen LogP contribution in [0.4, 0.5) is 8.78 Å². The Labute approximate surface area is 189 Å². The zero-order valence-corrected chi connectivity index (χ0v) is 19.2. The Morgan fingerprint density at radius 2 is 1.34 bits per heavy atom. The van der Waals surface area contributed by atoms with Crippen molar-refractivity contribution < 1.29 is 18.6 Å². The van der Waals surface area contributed by atoms with E-state index in [0.29, 0.717) is 19.6 Å². The van der Waals surface area contributed by atoms with E-state index >= 15 is 0 Å². The van der Waals surface area contributed by atoms with Crippen LogP contribution >= 0.6 is 0 Å². The van der Waals surface area contributed by atoms with Gasteiger partial charge in [-0.3, -0.25) is 4.98 Å². The minimum Gasteiger partial charge on any atom is -0.392 e. The highest BCUT2D eigenvalue weighted by Crippen LogP contribution is 2.37. The molecule has 0 fully saturated rings. The molecule has 1 heterocycles. The van der Waals surface area contributed by atoms with Gasteiger partial charge in [-0.25, -0.2) is 8.78 Å². The lowest BCUT2D eigenvalue weighted by Gasteiger charge is -2.24. The molecule has 0 unspecified atom stereocenters. The van der Waals surface area contributed by atoms with Gasteiger partial charge in [0, 0.05) is 22.5 Å². The molecule has 3 aromatic rings. The highest BCUT2D eigenvalue weighted by atomic mass is 19.1. The number of hydrogen-bond acceptors (Lipinski definition) is 3. The number of aliphatic hydroxyl groups is 1. The maximum Gasteiger partial charge on any atom is 0.123 e. The smallest absolute Gasteiger partial charge is 0.123 e. The molecule has 5 heteroatoms. The SMILES string of the molecule is CC(C)c1nc(C(C)C)c(COCCc2ccc(F)cc2)c(-c2ccc(F)cc2)c1CO. The van der Waals surface area contributed by atoms with E-state index in [4.69, 9.17) is 9.72 Å². The predicted octanol–water partition coefficient (Wildman–Crippen LogP) is 6.53. The van der Waals surface area contributed by atoms with Gasteiger partial charge in [0.2, 0.25) is 0 Å². The molecule has 1 N–H and O–H groups in total. The number of aliphatic hydroxyl groups excluding tert-OH is 1. The summed E-state index contributed by atoms with van der Waals surface area (Å²) in [6.07, 6.45) is 0.660. The van der Waals surface area contributed by atoms with Gasteiger partial charge in [-0.2, -0.15) is 0 Å². The highest BCUT2D eigenvalue weighted by molar-refractivity contribution is 5.73. The Kier molecular flexibility index (Phi) is 8.10. The van der Waals surface area contributed by atoms with Crippen molar-refractivity contribution in [1.29, 1.82) is 0 Å². The molecule has 0 saturated carbocycles. The molecule has 0 radical (unpaired) electrons. The van der Waals surface area contributed by atoms with E-state index in [1.54, 1.807) is 24.3 Å². The molecular formula is C27H31F2NO2. The van der Waals surface area contributed by atoms with E-state index in [0.717, 1.165) is 39.2 Å². The lowest BCUT2D eigenvalue weighted by atomic mass is 9.87. The first kappa shape index (κ1) is 24.0. The predicted molar refractivity (Wildman–Crippen MR) is 123 cm³/mol. The first-order valence-electron chi connectivity index (χ1n) is 11.1. The summed E-state index contributed by atoms with van der Waals surface area (Å²) in [6.45, 7) is 8.90. The zero-order valence-electron chi connectivity index (χ0n) is 19.2. The van der Waals surface area contributed by atoms with E-state index in [1.165, 1.54) is 24.3 Å². The summed E-state index contributed by atoms with van der Waals surface area (Å²) in [7, 11) is 0. The number of pyridine rings is 1. The topological polar surface area (TPSA) is 42.4 Å². The van der Waals surface area contributed by atoms with E-state index in [9.17, 15) is 13.9 Å². The van der Waals surface area contributed by atoms with E-state index in [-0.39, 0.29) is 30.1 Å². The standard InChI is InChI=1S/C27H31F2NO2/c1-17(2)26-23(15-31)25(20-7-11-22(29)12-8-20)24(27(30-26)18(3)4)16-32-14-13-19-5-9-21(28)10-6-19/h5-12,17-18,31H,13-16H2,1-4H3. The first-order valence-corrected chi connectivity index (χ1v) is 11.1. The molecule has 0 aliphatic rings. The second kappa shape index (κ2) is 10.8. The van der Waals surface area contributed by atoms with Crippen molar-refractivity contribution in [3.63, 3.8) is 0 Å². The third-order valence-electron chi connectivity index (χ3n) is 5.54. The maximum atomic E-state index is 13.6. The van der Waals surface area contributed by atoms with Crippen LogP contribution in [-0.4, -0.2) is 16.7 Å². The van der Waals surface area contributed by atoms with E-state index < -0.39 is 0 Å². The molecule has 3 nitrogen and oxygen atoms in total. The Hall–Kier alpha value is -2.63. The summed E-state index contributed by atoms with van der Waals surface area (Å²) in [5.74, 6) is -0.288. The molecule has 0 spiro atoms. The lowest BCUT2D eigenvalue weighted by Crippen LogP contribution is -2.13. The fourth-order valence-corrected chi connectivity index (χ4v) is 3.94. The highest BCUT2D eigenvalue weighted by Gasteiger charge is 2.23. The molecule has 170 valence electrons. The lowest BCUT2D eigenvalue weighted by molar-refractivity contribution is 0.123. The first-order chi connectivity index (χ1) is 15.3. The van der Waals surface area contributed by atoms with Crippen LogP contribution in [0.3, 0.4) is 0 Å². The molecule has 1 aromatic heterocycles. The third kappa shape index (κ3) is 5.59. The molecule has 3 rings (SSSR count). The quantitative estimate of drug-likeness (QED) is 0.386. The number of benzene rings is 2. The Morgan fingerprint density at radius 3 is 1.88 bits per heavy atom. The fraction of sp³-hybridized carbons (Fsp3) is 0.370. The molecule has 2 aromatic carbocycles. The number of nitrogens with zero attached hydrogens (tertiary/aromatic N) is 1. The second-order valence-corrected chi connectivity index (χ2v) is 8.62. The van der Waals surface area contributed by atoms with Crippen molar-refractivity contribution >= 4 is 0 Å². The van der Waals surface area contributed by atoms with Gasteiger partial charge < -0.3 is 9.84 Å². The van der Waals surface area contributed by atoms with Crippen LogP contribution in [0.25, 0.3) is 11.1 Å². The van der Waals surface area contributed by atoms with Gasteiger partial charge in [0.25, 0.3) is 0 Å². The average Bonchev–Trinajstić information content (AvgIpc) is 2.77. The minimum atomic E-state index is -0.307. The summed E-state index contributed by atoms with van der Waals surface area (Å²) in [5.41, 5.74) is 6.15. The van der Waals surface area contributed by atoms with Crippen molar-refractivity contribution in [2.24, 2.45) is 0 Å². The van der Waals surface area contributed by atoms with Crippen molar-refractivity contribution in [3.8, 4) is 11.1 Å². The van der Waals surface area contributed by atoms with Crippen LogP contribution in [0.1, 0.15) is 67.6 Å². The average molecular weight is 440 g/mol. The number of halogens is 2. The van der Waals surface area contributed by atoms with Crippen LogP contribution in [0, 0.1) is 11.6 Å². The van der Waals surface area contributed by atoms with Gasteiger partial charge in [0.1, 0.15) is 11.6 Å². The largest absolute Gasteiger partial charge is 0.392 e. The van der Waals surface area contributed by atoms with Gasteiger partial charge in [0.15, 0.2) is 0 Å². The van der Waals surface area contributed by atoms with Crippen molar-refractivity contribution in [1.82, 2.24) is 4.98 Å². The fourth-order valence-electron chi connectivity index (χ4n) is 3.94. The molecule has 0 aliphatic carbocycles. The number of aromatic nitrogens is 1.